The van der Waals surface area contributed by atoms with Gasteiger partial charge in [-0.2, -0.15) is 0 Å². The van der Waals surface area contributed by atoms with E-state index in [1.807, 2.05) is 18.2 Å². The first kappa shape index (κ1) is 14.7. The molecule has 6 nitrogen and oxygen atoms in total. The third-order valence-electron chi connectivity index (χ3n) is 2.67. The van der Waals surface area contributed by atoms with E-state index >= 15 is 0 Å². The zero-order chi connectivity index (χ0) is 15.1. The molecule has 0 unspecified atom stereocenters. The molecule has 0 saturated carbocycles. The smallest absolute Gasteiger partial charge is 0.269 e. The van der Waals surface area contributed by atoms with Crippen molar-refractivity contribution in [1.82, 2.24) is 4.98 Å². The van der Waals surface area contributed by atoms with Gasteiger partial charge < -0.3 is 9.84 Å². The van der Waals surface area contributed by atoms with E-state index in [0.29, 0.717) is 5.88 Å². The number of hydrogen-bond donors (Lipinski definition) is 1. The molecule has 0 saturated heterocycles. The number of nitro groups is 1. The predicted octanol–water partition coefficient (Wildman–Crippen LogP) is 2.53. The van der Waals surface area contributed by atoms with Crippen molar-refractivity contribution in [3.05, 3.63) is 63.8 Å². The second kappa shape index (κ2) is 7.16. The lowest BCUT2D eigenvalue weighted by molar-refractivity contribution is -0.384. The van der Waals surface area contributed by atoms with E-state index in [4.69, 9.17) is 9.84 Å². The first-order valence-corrected chi connectivity index (χ1v) is 6.31. The van der Waals surface area contributed by atoms with E-state index in [1.165, 1.54) is 12.1 Å². The lowest BCUT2D eigenvalue weighted by atomic mass is 10.1. The molecule has 2 aromatic rings. The van der Waals surface area contributed by atoms with Gasteiger partial charge in [0.25, 0.3) is 5.69 Å². The van der Waals surface area contributed by atoms with Crippen LogP contribution in [0.2, 0.25) is 0 Å². The number of aliphatic hydroxyl groups excluding tert-OH is 1. The number of pyridine rings is 1. The number of nitro benzene ring substituents is 1. The van der Waals surface area contributed by atoms with Crippen LogP contribution in [0.3, 0.4) is 0 Å². The van der Waals surface area contributed by atoms with Crippen LogP contribution in [0.5, 0.6) is 5.88 Å². The Bertz CT molecular complexity index is 621. The maximum atomic E-state index is 10.6. The van der Waals surface area contributed by atoms with E-state index in [0.717, 1.165) is 11.1 Å². The fourth-order valence-electron chi connectivity index (χ4n) is 1.63. The summed E-state index contributed by atoms with van der Waals surface area (Å²) in [6.07, 6.45) is 5.34. The highest BCUT2D eigenvalue weighted by atomic mass is 16.6. The normalized spacial score (nSPS) is 10.7. The Labute approximate surface area is 121 Å². The van der Waals surface area contributed by atoms with E-state index in [1.54, 1.807) is 24.4 Å². The van der Waals surface area contributed by atoms with Crippen molar-refractivity contribution in [1.29, 1.82) is 0 Å². The highest BCUT2D eigenvalue weighted by Crippen LogP contribution is 2.15. The first-order chi connectivity index (χ1) is 10.2. The Hall–Kier alpha value is -2.73. The fourth-order valence-corrected chi connectivity index (χ4v) is 1.63. The van der Waals surface area contributed by atoms with Crippen molar-refractivity contribution < 1.29 is 14.8 Å². The average Bonchev–Trinajstić information content (AvgIpc) is 2.52. The van der Waals surface area contributed by atoms with Crippen LogP contribution >= 0.6 is 0 Å². The minimum absolute atomic E-state index is 0.0521. The van der Waals surface area contributed by atoms with Crippen LogP contribution in [-0.2, 0) is 0 Å². The molecular weight excluding hydrogens is 272 g/mol. The Morgan fingerprint density at radius 1 is 1.14 bits per heavy atom. The summed E-state index contributed by atoms with van der Waals surface area (Å²) in [6.45, 7) is 0.161. The van der Waals surface area contributed by atoms with Gasteiger partial charge >= 0.3 is 0 Å². The van der Waals surface area contributed by atoms with E-state index in [2.05, 4.69) is 4.98 Å². The average molecular weight is 286 g/mol. The fraction of sp³-hybridized carbons (Fsp3) is 0.133. The minimum atomic E-state index is -0.428. The van der Waals surface area contributed by atoms with Crippen LogP contribution in [0.4, 0.5) is 5.69 Å². The van der Waals surface area contributed by atoms with Crippen molar-refractivity contribution in [2.75, 3.05) is 13.2 Å². The molecule has 1 aromatic heterocycles. The van der Waals surface area contributed by atoms with Crippen LogP contribution in [0.15, 0.2) is 42.6 Å². The van der Waals surface area contributed by atoms with Gasteiger partial charge in [0.05, 0.1) is 11.5 Å². The van der Waals surface area contributed by atoms with Crippen LogP contribution in [0.25, 0.3) is 12.2 Å². The summed E-state index contributed by atoms with van der Waals surface area (Å²) in [5, 5.41) is 19.2. The summed E-state index contributed by atoms with van der Waals surface area (Å²) in [5.41, 5.74) is 1.81. The second-order valence-corrected chi connectivity index (χ2v) is 4.18. The number of benzene rings is 1. The number of hydrogen-bond acceptors (Lipinski definition) is 5. The largest absolute Gasteiger partial charge is 0.475 e. The summed E-state index contributed by atoms with van der Waals surface area (Å²) < 4.78 is 5.16. The van der Waals surface area contributed by atoms with Crippen molar-refractivity contribution >= 4 is 17.8 Å². The molecular formula is C15H14N2O4. The summed E-state index contributed by atoms with van der Waals surface area (Å²) >= 11 is 0. The zero-order valence-corrected chi connectivity index (χ0v) is 11.2. The SMILES string of the molecule is O=[N+]([O-])c1ccc(/C=C/c2ccc(OCCO)nc2)cc1. The first-order valence-electron chi connectivity index (χ1n) is 6.31. The zero-order valence-electron chi connectivity index (χ0n) is 11.2. The summed E-state index contributed by atoms with van der Waals surface area (Å²) in [5.74, 6) is 0.455. The third-order valence-corrected chi connectivity index (χ3v) is 2.67. The lowest BCUT2D eigenvalue weighted by Gasteiger charge is -2.02. The van der Waals surface area contributed by atoms with Gasteiger partial charge in [0, 0.05) is 24.4 Å². The van der Waals surface area contributed by atoms with Gasteiger partial charge in [0.15, 0.2) is 0 Å². The van der Waals surface area contributed by atoms with E-state index in [9.17, 15) is 10.1 Å². The highest BCUT2D eigenvalue weighted by molar-refractivity contribution is 5.69. The Morgan fingerprint density at radius 3 is 2.38 bits per heavy atom. The van der Waals surface area contributed by atoms with Crippen LogP contribution < -0.4 is 4.74 Å². The lowest BCUT2D eigenvalue weighted by Crippen LogP contribution is -2.02. The van der Waals surface area contributed by atoms with Crippen molar-refractivity contribution in [3.63, 3.8) is 0 Å². The molecule has 1 heterocycles. The molecule has 0 bridgehead atoms. The molecule has 0 spiro atoms. The highest BCUT2D eigenvalue weighted by Gasteiger charge is 2.02. The van der Waals surface area contributed by atoms with Crippen LogP contribution in [-0.4, -0.2) is 28.2 Å². The van der Waals surface area contributed by atoms with Gasteiger partial charge in [-0.1, -0.05) is 12.2 Å². The van der Waals surface area contributed by atoms with Gasteiger partial charge in [0.1, 0.15) is 6.61 Å². The van der Waals surface area contributed by atoms with Crippen molar-refractivity contribution in [2.24, 2.45) is 0 Å². The summed E-state index contributed by atoms with van der Waals surface area (Å²) in [4.78, 5) is 14.2. The maximum Gasteiger partial charge on any atom is 0.269 e. The van der Waals surface area contributed by atoms with E-state index in [-0.39, 0.29) is 18.9 Å². The maximum absolute atomic E-state index is 10.6. The number of nitrogens with zero attached hydrogens (tertiary/aromatic N) is 2. The number of aromatic nitrogens is 1. The predicted molar refractivity (Wildman–Crippen MR) is 78.8 cm³/mol. The monoisotopic (exact) mass is 286 g/mol. The van der Waals surface area contributed by atoms with Crippen molar-refractivity contribution in [2.45, 2.75) is 0 Å². The van der Waals surface area contributed by atoms with E-state index < -0.39 is 4.92 Å². The summed E-state index contributed by atoms with van der Waals surface area (Å²) in [7, 11) is 0. The number of ether oxygens (including phenoxy) is 1. The summed E-state index contributed by atoms with van der Waals surface area (Å²) in [6, 6.07) is 9.84. The van der Waals surface area contributed by atoms with Gasteiger partial charge in [-0.25, -0.2) is 4.98 Å². The molecule has 1 aromatic carbocycles. The molecule has 0 atom stereocenters. The molecule has 0 aliphatic rings. The third kappa shape index (κ3) is 4.39. The molecule has 6 heteroatoms. The molecule has 2 rings (SSSR count). The van der Waals surface area contributed by atoms with Crippen LogP contribution in [0.1, 0.15) is 11.1 Å². The molecule has 0 radical (unpaired) electrons. The van der Waals surface area contributed by atoms with Gasteiger partial charge in [-0.15, -0.1) is 0 Å². The topological polar surface area (TPSA) is 85.5 Å². The van der Waals surface area contributed by atoms with Gasteiger partial charge in [-0.05, 0) is 29.3 Å². The molecule has 0 fully saturated rings. The Balaban J connectivity index is 2.01. The number of non-ortho nitro benzene ring substituents is 1. The molecule has 0 aliphatic carbocycles. The minimum Gasteiger partial charge on any atom is -0.475 e. The Morgan fingerprint density at radius 2 is 1.81 bits per heavy atom. The van der Waals surface area contributed by atoms with Gasteiger partial charge in [0.2, 0.25) is 5.88 Å². The number of rotatable bonds is 6. The molecule has 21 heavy (non-hydrogen) atoms. The number of aliphatic hydroxyl groups is 1. The molecule has 0 amide bonds. The standard InChI is InChI=1S/C15H14N2O4/c18-9-10-21-15-8-5-13(11-16-15)2-1-12-3-6-14(7-4-12)17(19)20/h1-8,11,18H,9-10H2/b2-1+. The molecule has 1 N–H and O–H groups in total. The molecule has 108 valence electrons. The quantitative estimate of drug-likeness (QED) is 0.651. The van der Waals surface area contributed by atoms with Crippen LogP contribution in [0, 0.1) is 10.1 Å². The molecule has 0 aliphatic heterocycles. The second-order valence-electron chi connectivity index (χ2n) is 4.18. The Kier molecular flexibility index (Phi) is 5.00. The van der Waals surface area contributed by atoms with Gasteiger partial charge in [-0.3, -0.25) is 10.1 Å². The van der Waals surface area contributed by atoms with Crippen molar-refractivity contribution in [3.8, 4) is 5.88 Å².